The predicted molar refractivity (Wildman–Crippen MR) is 115 cm³/mol. The highest BCUT2D eigenvalue weighted by Gasteiger charge is 2.25. The van der Waals surface area contributed by atoms with Crippen LogP contribution >= 0.6 is 11.3 Å². The number of pyridine rings is 1. The van der Waals surface area contributed by atoms with Gasteiger partial charge in [-0.1, -0.05) is 35.5 Å². The van der Waals surface area contributed by atoms with Gasteiger partial charge in [0, 0.05) is 11.9 Å². The number of nitrogens with zero attached hydrogens (tertiary/aromatic N) is 2. The fourth-order valence-corrected chi connectivity index (χ4v) is 4.10. The third-order valence-electron chi connectivity index (χ3n) is 4.77. The van der Waals surface area contributed by atoms with Crippen LogP contribution in [0.25, 0.3) is 21.7 Å². The molecule has 1 atom stereocenters. The van der Waals surface area contributed by atoms with Gasteiger partial charge in [-0.3, -0.25) is 9.59 Å². The molecule has 4 rings (SSSR count). The molecule has 0 aliphatic carbocycles. The second kappa shape index (κ2) is 8.08. The Morgan fingerprint density at radius 1 is 1.10 bits per heavy atom. The van der Waals surface area contributed by atoms with E-state index in [9.17, 15) is 9.59 Å². The van der Waals surface area contributed by atoms with Gasteiger partial charge in [-0.15, -0.1) is 11.3 Å². The molecule has 3 heterocycles. The average molecular weight is 420 g/mol. The first kappa shape index (κ1) is 19.8. The first-order valence-corrected chi connectivity index (χ1v) is 10.2. The number of benzene rings is 1. The number of carbonyl (C=O) groups is 2. The van der Waals surface area contributed by atoms with Crippen LogP contribution in [0.3, 0.4) is 0 Å². The summed E-state index contributed by atoms with van der Waals surface area (Å²) in [5, 5.41) is 9.97. The maximum absolute atomic E-state index is 13.3. The second-order valence-electron chi connectivity index (χ2n) is 6.84. The van der Waals surface area contributed by atoms with E-state index in [4.69, 9.17) is 4.52 Å². The fraction of sp³-hybridized carbons (Fsp3) is 0.182. The van der Waals surface area contributed by atoms with Crippen LogP contribution < -0.4 is 10.6 Å². The summed E-state index contributed by atoms with van der Waals surface area (Å²) >= 11 is 1.58. The molecule has 152 valence electrons. The van der Waals surface area contributed by atoms with Gasteiger partial charge in [-0.25, -0.2) is 4.98 Å². The van der Waals surface area contributed by atoms with Gasteiger partial charge >= 0.3 is 0 Å². The number of hydrogen-bond acceptors (Lipinski definition) is 6. The molecule has 0 fully saturated rings. The summed E-state index contributed by atoms with van der Waals surface area (Å²) in [7, 11) is 1.54. The monoisotopic (exact) mass is 420 g/mol. The second-order valence-corrected chi connectivity index (χ2v) is 8.13. The zero-order chi connectivity index (χ0) is 21.3. The Bertz CT molecular complexity index is 1230. The van der Waals surface area contributed by atoms with Crippen molar-refractivity contribution >= 4 is 34.3 Å². The number of fused-ring (bicyclic) bond motifs is 1. The largest absolute Gasteiger partial charge is 0.357 e. The number of aromatic nitrogens is 2. The summed E-state index contributed by atoms with van der Waals surface area (Å²) in [6.45, 7) is 3.76. The average Bonchev–Trinajstić information content (AvgIpc) is 3.37. The molecular weight excluding hydrogens is 400 g/mol. The summed E-state index contributed by atoms with van der Waals surface area (Å²) in [5.41, 5.74) is 2.53. The molecule has 3 aromatic heterocycles. The van der Waals surface area contributed by atoms with Gasteiger partial charge in [-0.2, -0.15) is 0 Å². The Hall–Kier alpha value is -3.52. The van der Waals surface area contributed by atoms with Crippen LogP contribution in [-0.4, -0.2) is 29.0 Å². The predicted octanol–water partition coefficient (Wildman–Crippen LogP) is 3.79. The summed E-state index contributed by atoms with van der Waals surface area (Å²) in [4.78, 5) is 32.4. The molecule has 8 heteroatoms. The number of likely N-dealkylation sites (N-methyl/N-ethyl adjacent to an activating group) is 1. The Balaban J connectivity index is 1.78. The molecule has 4 aromatic rings. The van der Waals surface area contributed by atoms with Gasteiger partial charge in [-0.05, 0) is 37.6 Å². The van der Waals surface area contributed by atoms with Crippen molar-refractivity contribution in [1.82, 2.24) is 20.8 Å². The Morgan fingerprint density at radius 3 is 2.53 bits per heavy atom. The first-order chi connectivity index (χ1) is 14.5. The van der Waals surface area contributed by atoms with E-state index in [0.717, 1.165) is 9.75 Å². The molecule has 1 aromatic carbocycles. The normalized spacial score (nSPS) is 12.0. The summed E-state index contributed by atoms with van der Waals surface area (Å²) < 4.78 is 5.35. The Morgan fingerprint density at radius 2 is 1.87 bits per heavy atom. The molecule has 0 radical (unpaired) electrons. The highest BCUT2D eigenvalue weighted by molar-refractivity contribution is 7.15. The number of thiophene rings is 1. The highest BCUT2D eigenvalue weighted by Crippen LogP contribution is 2.31. The van der Waals surface area contributed by atoms with Crippen molar-refractivity contribution in [2.24, 2.45) is 0 Å². The fourth-order valence-electron chi connectivity index (χ4n) is 3.27. The van der Waals surface area contributed by atoms with E-state index in [-0.39, 0.29) is 11.6 Å². The lowest BCUT2D eigenvalue weighted by Crippen LogP contribution is -2.39. The van der Waals surface area contributed by atoms with E-state index in [1.165, 1.54) is 7.05 Å². The molecule has 0 saturated carbocycles. The zero-order valence-corrected chi connectivity index (χ0v) is 17.5. The van der Waals surface area contributed by atoms with Crippen LogP contribution in [0.4, 0.5) is 0 Å². The summed E-state index contributed by atoms with van der Waals surface area (Å²) in [6.07, 6.45) is 0. The third kappa shape index (κ3) is 3.69. The Kier molecular flexibility index (Phi) is 5.33. The van der Waals surface area contributed by atoms with Crippen molar-refractivity contribution in [3.8, 4) is 10.6 Å². The topological polar surface area (TPSA) is 97.1 Å². The lowest BCUT2D eigenvalue weighted by Gasteiger charge is -2.18. The molecule has 1 unspecified atom stereocenters. The van der Waals surface area contributed by atoms with Crippen LogP contribution in [0.2, 0.25) is 0 Å². The number of rotatable bonds is 5. The number of carbonyl (C=O) groups excluding carboxylic acids is 2. The standard InChI is InChI=1S/C22H20N4O3S/c1-12-9-10-17(30-12)16-11-15(18-13(2)26-29-22(18)24-16)20(27)25-19(21(28)23-3)14-7-5-4-6-8-14/h4-11,19H,1-3H3,(H,23,28)(H,25,27). The van der Waals surface area contributed by atoms with Crippen molar-refractivity contribution in [1.29, 1.82) is 0 Å². The number of aryl methyl sites for hydroxylation is 2. The number of amides is 2. The zero-order valence-electron chi connectivity index (χ0n) is 16.7. The molecule has 0 aliphatic heterocycles. The van der Waals surface area contributed by atoms with Crippen molar-refractivity contribution in [2.45, 2.75) is 19.9 Å². The minimum atomic E-state index is -0.834. The third-order valence-corrected chi connectivity index (χ3v) is 5.79. The van der Waals surface area contributed by atoms with Crippen LogP contribution in [0, 0.1) is 13.8 Å². The molecule has 0 spiro atoms. The van der Waals surface area contributed by atoms with Crippen molar-refractivity contribution in [3.05, 3.63) is 70.2 Å². The summed E-state index contributed by atoms with van der Waals surface area (Å²) in [6, 6.07) is 13.9. The maximum Gasteiger partial charge on any atom is 0.259 e. The van der Waals surface area contributed by atoms with Crippen molar-refractivity contribution in [3.63, 3.8) is 0 Å². The van der Waals surface area contributed by atoms with E-state index in [1.54, 1.807) is 36.5 Å². The van der Waals surface area contributed by atoms with Gasteiger partial charge in [0.15, 0.2) is 0 Å². The molecule has 0 aliphatic rings. The SMILES string of the molecule is CNC(=O)C(NC(=O)c1cc(-c2ccc(C)s2)nc2onc(C)c12)c1ccccc1. The lowest BCUT2D eigenvalue weighted by atomic mass is 10.0. The van der Waals surface area contributed by atoms with Gasteiger partial charge in [0.1, 0.15) is 6.04 Å². The maximum atomic E-state index is 13.3. The number of nitrogens with one attached hydrogen (secondary N) is 2. The molecule has 7 nitrogen and oxygen atoms in total. The van der Waals surface area contributed by atoms with Gasteiger partial charge in [0.2, 0.25) is 5.91 Å². The minimum Gasteiger partial charge on any atom is -0.357 e. The number of hydrogen-bond donors (Lipinski definition) is 2. The van der Waals surface area contributed by atoms with Gasteiger partial charge < -0.3 is 15.2 Å². The first-order valence-electron chi connectivity index (χ1n) is 9.39. The molecular formula is C22H20N4O3S. The molecule has 2 N–H and O–H groups in total. The van der Waals surface area contributed by atoms with Crippen LogP contribution in [0.15, 0.2) is 53.1 Å². The molecule has 0 bridgehead atoms. The van der Waals surface area contributed by atoms with E-state index >= 15 is 0 Å². The van der Waals surface area contributed by atoms with Gasteiger partial charge in [0.05, 0.1) is 27.2 Å². The van der Waals surface area contributed by atoms with Crippen LogP contribution in [-0.2, 0) is 4.79 Å². The van der Waals surface area contributed by atoms with E-state index in [1.807, 2.05) is 37.3 Å². The van der Waals surface area contributed by atoms with E-state index in [2.05, 4.69) is 20.8 Å². The van der Waals surface area contributed by atoms with E-state index < -0.39 is 11.9 Å². The van der Waals surface area contributed by atoms with Crippen LogP contribution in [0.1, 0.15) is 32.5 Å². The molecule has 0 saturated heterocycles. The lowest BCUT2D eigenvalue weighted by molar-refractivity contribution is -0.122. The molecule has 30 heavy (non-hydrogen) atoms. The Labute approximate surface area is 177 Å². The van der Waals surface area contributed by atoms with Gasteiger partial charge in [0.25, 0.3) is 11.6 Å². The van der Waals surface area contributed by atoms with Crippen molar-refractivity contribution in [2.75, 3.05) is 7.05 Å². The highest BCUT2D eigenvalue weighted by atomic mass is 32.1. The van der Waals surface area contributed by atoms with Crippen LogP contribution in [0.5, 0.6) is 0 Å². The quantitative estimate of drug-likeness (QED) is 0.512. The van der Waals surface area contributed by atoms with Crippen molar-refractivity contribution < 1.29 is 14.1 Å². The van der Waals surface area contributed by atoms with E-state index in [0.29, 0.717) is 27.9 Å². The minimum absolute atomic E-state index is 0.289. The molecule has 2 amide bonds. The summed E-state index contributed by atoms with van der Waals surface area (Å²) in [5.74, 6) is -0.711. The smallest absolute Gasteiger partial charge is 0.259 e.